The summed E-state index contributed by atoms with van der Waals surface area (Å²) in [6.07, 6.45) is 1.56. The van der Waals surface area contributed by atoms with E-state index in [2.05, 4.69) is 15.5 Å². The van der Waals surface area contributed by atoms with Gasteiger partial charge in [0.1, 0.15) is 11.5 Å². The molecule has 10 heteroatoms. The molecular weight excluding hydrogens is 468 g/mol. The van der Waals surface area contributed by atoms with Crippen molar-refractivity contribution in [2.45, 2.75) is 25.5 Å². The van der Waals surface area contributed by atoms with Crippen molar-refractivity contribution in [3.8, 4) is 23.1 Å². The molecule has 0 fully saturated rings. The maximum Gasteiger partial charge on any atom is 0.316 e. The van der Waals surface area contributed by atoms with Crippen molar-refractivity contribution < 1.29 is 23.5 Å². The number of aryl methyl sites for hydroxylation is 1. The Balaban J connectivity index is 1.22. The Morgan fingerprint density at radius 2 is 1.74 bits per heavy atom. The zero-order chi connectivity index (χ0) is 24.6. The SMILES string of the molecule is CCn1c(SCC(=O)OCC(=O)Nc2ccc(Oc3ccc(C)cc3)cc2)nnc1-c1ccco1. The number of thioether (sulfide) groups is 1. The van der Waals surface area contributed by atoms with Gasteiger partial charge in [0.25, 0.3) is 5.91 Å². The van der Waals surface area contributed by atoms with E-state index in [1.165, 1.54) is 11.8 Å². The summed E-state index contributed by atoms with van der Waals surface area (Å²) in [6.45, 7) is 4.18. The van der Waals surface area contributed by atoms with Gasteiger partial charge < -0.3 is 19.2 Å². The van der Waals surface area contributed by atoms with Crippen molar-refractivity contribution in [1.29, 1.82) is 0 Å². The summed E-state index contributed by atoms with van der Waals surface area (Å²) in [5.74, 6) is 1.58. The summed E-state index contributed by atoms with van der Waals surface area (Å²) in [7, 11) is 0. The second-order valence-electron chi connectivity index (χ2n) is 7.46. The molecule has 0 atom stereocenters. The molecule has 0 spiro atoms. The third-order valence-corrected chi connectivity index (χ3v) is 5.79. The van der Waals surface area contributed by atoms with Gasteiger partial charge in [-0.3, -0.25) is 14.2 Å². The van der Waals surface area contributed by atoms with Gasteiger partial charge in [0, 0.05) is 12.2 Å². The smallest absolute Gasteiger partial charge is 0.316 e. The molecule has 0 aliphatic carbocycles. The van der Waals surface area contributed by atoms with Crippen LogP contribution in [0.25, 0.3) is 11.6 Å². The highest BCUT2D eigenvalue weighted by Gasteiger charge is 2.17. The molecule has 2 aromatic carbocycles. The summed E-state index contributed by atoms with van der Waals surface area (Å²) in [6, 6.07) is 18.2. The molecule has 35 heavy (non-hydrogen) atoms. The van der Waals surface area contributed by atoms with Crippen LogP contribution in [0.3, 0.4) is 0 Å². The quantitative estimate of drug-likeness (QED) is 0.245. The second kappa shape index (κ2) is 11.4. The predicted octanol–water partition coefficient (Wildman–Crippen LogP) is 4.93. The van der Waals surface area contributed by atoms with Crippen molar-refractivity contribution in [3.05, 3.63) is 72.5 Å². The number of furan rings is 1. The van der Waals surface area contributed by atoms with E-state index in [9.17, 15) is 9.59 Å². The van der Waals surface area contributed by atoms with Gasteiger partial charge in [-0.15, -0.1) is 10.2 Å². The first-order valence-electron chi connectivity index (χ1n) is 10.9. The van der Waals surface area contributed by atoms with E-state index in [0.717, 1.165) is 11.3 Å². The van der Waals surface area contributed by atoms with E-state index in [4.69, 9.17) is 13.9 Å². The van der Waals surface area contributed by atoms with E-state index < -0.39 is 11.9 Å². The van der Waals surface area contributed by atoms with Crippen LogP contribution in [0.2, 0.25) is 0 Å². The van der Waals surface area contributed by atoms with Crippen molar-refractivity contribution in [1.82, 2.24) is 14.8 Å². The van der Waals surface area contributed by atoms with Gasteiger partial charge in [-0.05, 0) is 62.4 Å². The van der Waals surface area contributed by atoms with E-state index in [1.54, 1.807) is 42.7 Å². The van der Waals surface area contributed by atoms with Crippen LogP contribution in [0.5, 0.6) is 11.5 Å². The number of amides is 1. The predicted molar refractivity (Wildman–Crippen MR) is 131 cm³/mol. The van der Waals surface area contributed by atoms with E-state index in [-0.39, 0.29) is 12.4 Å². The van der Waals surface area contributed by atoms with Gasteiger partial charge >= 0.3 is 5.97 Å². The molecule has 0 aliphatic rings. The standard InChI is InChI=1S/C25H24N4O5S/c1-3-29-24(21-5-4-14-32-21)27-28-25(29)35-16-23(31)33-15-22(30)26-18-8-12-20(13-9-18)34-19-10-6-17(2)7-11-19/h4-14H,3,15-16H2,1-2H3,(H,26,30). The Labute approximate surface area is 206 Å². The molecular formula is C25H24N4O5S. The summed E-state index contributed by atoms with van der Waals surface area (Å²) in [4.78, 5) is 24.3. The number of carbonyl (C=O) groups is 2. The molecule has 9 nitrogen and oxygen atoms in total. The van der Waals surface area contributed by atoms with Gasteiger partial charge in [-0.1, -0.05) is 29.5 Å². The maximum absolute atomic E-state index is 12.2. The lowest BCUT2D eigenvalue weighted by atomic mass is 10.2. The number of nitrogens with one attached hydrogen (secondary N) is 1. The molecule has 0 unspecified atom stereocenters. The van der Waals surface area contributed by atoms with Gasteiger partial charge in [-0.2, -0.15) is 0 Å². The van der Waals surface area contributed by atoms with Gasteiger partial charge in [0.05, 0.1) is 12.0 Å². The summed E-state index contributed by atoms with van der Waals surface area (Å²) >= 11 is 1.18. The number of esters is 1. The molecule has 0 saturated carbocycles. The number of hydrogen-bond acceptors (Lipinski definition) is 8. The van der Waals surface area contributed by atoms with Gasteiger partial charge in [0.15, 0.2) is 23.3 Å². The van der Waals surface area contributed by atoms with Gasteiger partial charge in [-0.25, -0.2) is 0 Å². The first-order valence-corrected chi connectivity index (χ1v) is 11.9. The van der Waals surface area contributed by atoms with E-state index >= 15 is 0 Å². The number of rotatable bonds is 10. The third-order valence-electron chi connectivity index (χ3n) is 4.85. The topological polar surface area (TPSA) is 108 Å². The molecule has 180 valence electrons. The van der Waals surface area contributed by atoms with Crippen molar-refractivity contribution in [3.63, 3.8) is 0 Å². The molecule has 0 radical (unpaired) electrons. The van der Waals surface area contributed by atoms with E-state index in [1.807, 2.05) is 42.7 Å². The number of carbonyl (C=O) groups excluding carboxylic acids is 2. The highest BCUT2D eigenvalue weighted by molar-refractivity contribution is 7.99. The molecule has 0 aliphatic heterocycles. The first-order chi connectivity index (χ1) is 17.0. The minimum absolute atomic E-state index is 0.00534. The monoisotopic (exact) mass is 492 g/mol. The lowest BCUT2D eigenvalue weighted by molar-refractivity contribution is -0.144. The molecule has 2 heterocycles. The fourth-order valence-corrected chi connectivity index (χ4v) is 3.93. The number of benzene rings is 2. The number of ether oxygens (including phenoxy) is 2. The minimum atomic E-state index is -0.530. The van der Waals surface area contributed by atoms with Crippen LogP contribution in [0.1, 0.15) is 12.5 Å². The summed E-state index contributed by atoms with van der Waals surface area (Å²) in [5, 5.41) is 11.5. The van der Waals surface area contributed by atoms with Crippen LogP contribution >= 0.6 is 11.8 Å². The second-order valence-corrected chi connectivity index (χ2v) is 8.41. The normalized spacial score (nSPS) is 10.7. The Bertz CT molecular complexity index is 1270. The average molecular weight is 493 g/mol. The molecule has 1 amide bonds. The molecule has 2 aromatic heterocycles. The molecule has 4 aromatic rings. The lowest BCUT2D eigenvalue weighted by Gasteiger charge is -2.09. The molecule has 4 rings (SSSR count). The Kier molecular flexibility index (Phi) is 7.84. The third kappa shape index (κ3) is 6.51. The first kappa shape index (κ1) is 24.1. The molecule has 1 N–H and O–H groups in total. The minimum Gasteiger partial charge on any atom is -0.461 e. The number of hydrogen-bond donors (Lipinski definition) is 1. The van der Waals surface area contributed by atoms with Crippen LogP contribution in [-0.4, -0.2) is 39.0 Å². The van der Waals surface area contributed by atoms with Crippen LogP contribution in [0.4, 0.5) is 5.69 Å². The van der Waals surface area contributed by atoms with Gasteiger partial charge in [0.2, 0.25) is 0 Å². The number of aromatic nitrogens is 3. The fraction of sp³-hybridized carbons (Fsp3) is 0.200. The number of nitrogens with zero attached hydrogens (tertiary/aromatic N) is 3. The summed E-state index contributed by atoms with van der Waals surface area (Å²) in [5.41, 5.74) is 1.72. The Morgan fingerprint density at radius 1 is 1.03 bits per heavy atom. The zero-order valence-corrected chi connectivity index (χ0v) is 20.1. The van der Waals surface area contributed by atoms with Crippen molar-refractivity contribution in [2.24, 2.45) is 0 Å². The summed E-state index contributed by atoms with van der Waals surface area (Å²) < 4.78 is 18.1. The number of anilines is 1. The largest absolute Gasteiger partial charge is 0.461 e. The maximum atomic E-state index is 12.2. The molecule has 0 saturated heterocycles. The van der Waals surface area contributed by atoms with Crippen LogP contribution in [0, 0.1) is 6.92 Å². The van der Waals surface area contributed by atoms with Crippen LogP contribution in [-0.2, 0) is 20.9 Å². The lowest BCUT2D eigenvalue weighted by Crippen LogP contribution is -2.21. The Morgan fingerprint density at radius 3 is 2.40 bits per heavy atom. The molecule has 0 bridgehead atoms. The average Bonchev–Trinajstić information content (AvgIpc) is 3.53. The zero-order valence-electron chi connectivity index (χ0n) is 19.3. The van der Waals surface area contributed by atoms with Crippen LogP contribution in [0.15, 0.2) is 76.5 Å². The highest BCUT2D eigenvalue weighted by Crippen LogP contribution is 2.25. The van der Waals surface area contributed by atoms with E-state index in [0.29, 0.717) is 34.7 Å². The fourth-order valence-electron chi connectivity index (χ4n) is 3.13. The Hall–Kier alpha value is -4.05. The van der Waals surface area contributed by atoms with Crippen molar-refractivity contribution in [2.75, 3.05) is 17.7 Å². The highest BCUT2D eigenvalue weighted by atomic mass is 32.2. The van der Waals surface area contributed by atoms with Crippen LogP contribution < -0.4 is 10.1 Å². The van der Waals surface area contributed by atoms with Crippen molar-refractivity contribution >= 4 is 29.3 Å².